The maximum atomic E-state index is 3.72. The van der Waals surface area contributed by atoms with E-state index in [4.69, 9.17) is 0 Å². The van der Waals surface area contributed by atoms with Gasteiger partial charge in [0.1, 0.15) is 0 Å². The highest BCUT2D eigenvalue weighted by Crippen LogP contribution is 2.34. The Labute approximate surface area is 99.1 Å². The van der Waals surface area contributed by atoms with Gasteiger partial charge in [0.25, 0.3) is 0 Å². The zero-order valence-electron chi connectivity index (χ0n) is 10.2. The van der Waals surface area contributed by atoms with E-state index in [1.165, 1.54) is 31.4 Å². The van der Waals surface area contributed by atoms with Crippen LogP contribution in [0.3, 0.4) is 0 Å². The van der Waals surface area contributed by atoms with E-state index in [-0.39, 0.29) is 0 Å². The molecule has 1 nitrogen and oxygen atoms in total. The fraction of sp³-hybridized carbons (Fsp3) is 0.846. The first-order chi connectivity index (χ1) is 7.14. The van der Waals surface area contributed by atoms with E-state index in [0.717, 1.165) is 18.3 Å². The van der Waals surface area contributed by atoms with Crippen LogP contribution in [0, 0.1) is 5.41 Å². The van der Waals surface area contributed by atoms with Crippen LogP contribution in [0.15, 0.2) is 12.7 Å². The van der Waals surface area contributed by atoms with Crippen molar-refractivity contribution in [2.45, 2.75) is 45.6 Å². The quantitative estimate of drug-likeness (QED) is 0.551. The standard InChI is InChI=1S/C13H25NS/c1-4-10-15-11-9-14-12-5-7-13(2,3)8-6-12/h4,12,14H,1,5-11H2,2-3H3. The SMILES string of the molecule is C=CCSCCNC1CCC(C)(C)CC1. The third-order valence-corrected chi connectivity index (χ3v) is 4.22. The molecule has 0 unspecified atom stereocenters. The van der Waals surface area contributed by atoms with Crippen molar-refractivity contribution in [2.75, 3.05) is 18.1 Å². The van der Waals surface area contributed by atoms with Crippen LogP contribution in [0.4, 0.5) is 0 Å². The van der Waals surface area contributed by atoms with Crippen LogP contribution in [0.5, 0.6) is 0 Å². The first kappa shape index (κ1) is 13.1. The van der Waals surface area contributed by atoms with Gasteiger partial charge in [0.15, 0.2) is 0 Å². The van der Waals surface area contributed by atoms with Crippen molar-refractivity contribution in [1.29, 1.82) is 0 Å². The summed E-state index contributed by atoms with van der Waals surface area (Å²) in [6.07, 6.45) is 7.46. The molecule has 0 heterocycles. The van der Waals surface area contributed by atoms with Crippen LogP contribution in [0.2, 0.25) is 0 Å². The Hall–Kier alpha value is 0.0500. The Balaban J connectivity index is 2.01. The molecule has 2 heteroatoms. The summed E-state index contributed by atoms with van der Waals surface area (Å²) < 4.78 is 0. The zero-order chi connectivity index (χ0) is 11.1. The molecule has 0 aromatic heterocycles. The third-order valence-electron chi connectivity index (χ3n) is 3.25. The molecule has 1 aliphatic rings. The lowest BCUT2D eigenvalue weighted by atomic mass is 9.75. The number of hydrogen-bond donors (Lipinski definition) is 1. The van der Waals surface area contributed by atoms with Crippen LogP contribution in [0.1, 0.15) is 39.5 Å². The normalized spacial score (nSPS) is 21.5. The van der Waals surface area contributed by atoms with Crippen LogP contribution >= 0.6 is 11.8 Å². The summed E-state index contributed by atoms with van der Waals surface area (Å²) >= 11 is 1.96. The van der Waals surface area contributed by atoms with E-state index in [2.05, 4.69) is 25.7 Å². The van der Waals surface area contributed by atoms with Gasteiger partial charge in [0.2, 0.25) is 0 Å². The van der Waals surface area contributed by atoms with E-state index >= 15 is 0 Å². The Morgan fingerprint density at radius 3 is 2.67 bits per heavy atom. The summed E-state index contributed by atoms with van der Waals surface area (Å²) in [6, 6.07) is 0.780. The highest BCUT2D eigenvalue weighted by atomic mass is 32.2. The Kier molecular flexibility index (Phi) is 5.77. The summed E-state index contributed by atoms with van der Waals surface area (Å²) in [5, 5.41) is 3.66. The number of thioether (sulfide) groups is 1. The topological polar surface area (TPSA) is 12.0 Å². The third kappa shape index (κ3) is 5.62. The van der Waals surface area contributed by atoms with Crippen LogP contribution in [-0.2, 0) is 0 Å². The van der Waals surface area contributed by atoms with Gasteiger partial charge in [-0.1, -0.05) is 19.9 Å². The molecule has 0 bridgehead atoms. The van der Waals surface area contributed by atoms with Gasteiger partial charge in [-0.2, -0.15) is 11.8 Å². The highest BCUT2D eigenvalue weighted by Gasteiger charge is 2.26. The molecule has 0 radical (unpaired) electrons. The summed E-state index contributed by atoms with van der Waals surface area (Å²) in [6.45, 7) is 9.66. The minimum absolute atomic E-state index is 0.593. The molecular formula is C13H25NS. The molecule has 15 heavy (non-hydrogen) atoms. The van der Waals surface area contributed by atoms with Gasteiger partial charge < -0.3 is 5.32 Å². The zero-order valence-corrected chi connectivity index (χ0v) is 11.0. The van der Waals surface area contributed by atoms with Gasteiger partial charge >= 0.3 is 0 Å². The molecule has 88 valence electrons. The summed E-state index contributed by atoms with van der Waals surface area (Å²) in [5.41, 5.74) is 0.593. The molecule has 0 saturated heterocycles. The number of nitrogens with one attached hydrogen (secondary N) is 1. The Morgan fingerprint density at radius 2 is 2.07 bits per heavy atom. The average Bonchev–Trinajstić information content (AvgIpc) is 2.20. The first-order valence-electron chi connectivity index (χ1n) is 6.06. The largest absolute Gasteiger partial charge is 0.313 e. The minimum Gasteiger partial charge on any atom is -0.313 e. The maximum absolute atomic E-state index is 3.72. The van der Waals surface area contributed by atoms with Gasteiger partial charge in [-0.05, 0) is 31.1 Å². The van der Waals surface area contributed by atoms with E-state index in [1.54, 1.807) is 0 Å². The van der Waals surface area contributed by atoms with Crippen molar-refractivity contribution < 1.29 is 0 Å². The molecule has 0 aromatic rings. The molecule has 1 saturated carbocycles. The molecule has 1 rings (SSSR count). The Bertz CT molecular complexity index is 179. The summed E-state index contributed by atoms with van der Waals surface area (Å²) in [7, 11) is 0. The van der Waals surface area contributed by atoms with Crippen molar-refractivity contribution in [3.8, 4) is 0 Å². The molecule has 0 atom stereocenters. The molecular weight excluding hydrogens is 202 g/mol. The predicted molar refractivity (Wildman–Crippen MR) is 71.6 cm³/mol. The lowest BCUT2D eigenvalue weighted by Crippen LogP contribution is -2.36. The minimum atomic E-state index is 0.593. The van der Waals surface area contributed by atoms with Crippen molar-refractivity contribution in [3.63, 3.8) is 0 Å². The molecule has 1 aliphatic carbocycles. The molecule has 0 amide bonds. The van der Waals surface area contributed by atoms with E-state index in [9.17, 15) is 0 Å². The second kappa shape index (κ2) is 6.59. The van der Waals surface area contributed by atoms with Crippen LogP contribution in [0.25, 0.3) is 0 Å². The smallest absolute Gasteiger partial charge is 0.0111 e. The maximum Gasteiger partial charge on any atom is 0.0111 e. The number of rotatable bonds is 6. The van der Waals surface area contributed by atoms with Crippen molar-refractivity contribution in [1.82, 2.24) is 5.32 Å². The summed E-state index contributed by atoms with van der Waals surface area (Å²) in [5.74, 6) is 2.30. The lowest BCUT2D eigenvalue weighted by Gasteiger charge is -2.34. The number of hydrogen-bond acceptors (Lipinski definition) is 2. The first-order valence-corrected chi connectivity index (χ1v) is 7.21. The Morgan fingerprint density at radius 1 is 1.40 bits per heavy atom. The van der Waals surface area contributed by atoms with E-state index in [0.29, 0.717) is 5.41 Å². The van der Waals surface area contributed by atoms with Crippen molar-refractivity contribution >= 4 is 11.8 Å². The summed E-state index contributed by atoms with van der Waals surface area (Å²) in [4.78, 5) is 0. The second-order valence-electron chi connectivity index (χ2n) is 5.26. The molecule has 0 aromatic carbocycles. The van der Waals surface area contributed by atoms with Gasteiger partial charge in [-0.3, -0.25) is 0 Å². The van der Waals surface area contributed by atoms with Crippen molar-refractivity contribution in [2.24, 2.45) is 5.41 Å². The van der Waals surface area contributed by atoms with Gasteiger partial charge in [-0.25, -0.2) is 0 Å². The van der Waals surface area contributed by atoms with Crippen LogP contribution in [-0.4, -0.2) is 24.1 Å². The van der Waals surface area contributed by atoms with E-state index < -0.39 is 0 Å². The predicted octanol–water partition coefficient (Wildman–Crippen LogP) is 3.46. The molecule has 0 aliphatic heterocycles. The molecule has 1 N–H and O–H groups in total. The van der Waals surface area contributed by atoms with Gasteiger partial charge in [0.05, 0.1) is 0 Å². The monoisotopic (exact) mass is 227 g/mol. The average molecular weight is 227 g/mol. The van der Waals surface area contributed by atoms with E-state index in [1.807, 2.05) is 17.8 Å². The lowest BCUT2D eigenvalue weighted by molar-refractivity contribution is 0.208. The van der Waals surface area contributed by atoms with Gasteiger partial charge in [-0.15, -0.1) is 6.58 Å². The fourth-order valence-corrected chi connectivity index (χ4v) is 2.70. The van der Waals surface area contributed by atoms with Crippen molar-refractivity contribution in [3.05, 3.63) is 12.7 Å². The highest BCUT2D eigenvalue weighted by molar-refractivity contribution is 7.99. The molecule has 1 fully saturated rings. The second-order valence-corrected chi connectivity index (χ2v) is 6.41. The van der Waals surface area contributed by atoms with Gasteiger partial charge in [0, 0.05) is 24.1 Å². The fourth-order valence-electron chi connectivity index (χ4n) is 2.11. The van der Waals surface area contributed by atoms with Crippen LogP contribution < -0.4 is 5.32 Å². The molecule has 0 spiro atoms.